The van der Waals surface area contributed by atoms with E-state index in [0.717, 1.165) is 16.0 Å². The number of thiophene rings is 1. The number of aryl methyl sites for hydroxylation is 1. The van der Waals surface area contributed by atoms with Crippen molar-refractivity contribution in [1.82, 2.24) is 5.32 Å². The molecular weight excluding hydrogens is 287 g/mol. The summed E-state index contributed by atoms with van der Waals surface area (Å²) >= 11 is 1.51. The van der Waals surface area contributed by atoms with Crippen LogP contribution >= 0.6 is 11.3 Å². The van der Waals surface area contributed by atoms with E-state index in [1.165, 1.54) is 23.5 Å². The van der Waals surface area contributed by atoms with Gasteiger partial charge in [-0.15, -0.1) is 11.3 Å². The second kappa shape index (κ2) is 7.02. The van der Waals surface area contributed by atoms with Crippen LogP contribution in [0.5, 0.6) is 0 Å². The highest BCUT2D eigenvalue weighted by Crippen LogP contribution is 2.16. The third kappa shape index (κ3) is 3.91. The number of rotatable bonds is 3. The third-order valence-corrected chi connectivity index (χ3v) is 3.85. The first-order valence-electron chi connectivity index (χ1n) is 6.41. The Morgan fingerprint density at radius 1 is 1.43 bits per heavy atom. The van der Waals surface area contributed by atoms with Gasteiger partial charge in [0.1, 0.15) is 5.82 Å². The summed E-state index contributed by atoms with van der Waals surface area (Å²) in [5.74, 6) is 5.04. The summed E-state index contributed by atoms with van der Waals surface area (Å²) in [6, 6.07) is 6.07. The van der Waals surface area contributed by atoms with Crippen LogP contribution in [0.1, 0.15) is 26.4 Å². The molecule has 0 spiro atoms. The van der Waals surface area contributed by atoms with Crippen LogP contribution in [0.15, 0.2) is 29.6 Å². The zero-order chi connectivity index (χ0) is 15.2. The molecule has 0 saturated carbocycles. The first-order chi connectivity index (χ1) is 10.1. The average Bonchev–Trinajstić information content (AvgIpc) is 2.92. The van der Waals surface area contributed by atoms with Gasteiger partial charge in [-0.1, -0.05) is 17.9 Å². The summed E-state index contributed by atoms with van der Waals surface area (Å²) in [6.07, 6.45) is 0. The van der Waals surface area contributed by atoms with Gasteiger partial charge in [0.05, 0.1) is 13.1 Å². The number of carbonyl (C=O) groups excluding carboxylic acids is 1. The lowest BCUT2D eigenvalue weighted by Crippen LogP contribution is -2.23. The largest absolute Gasteiger partial charge is 0.347 e. The second-order valence-electron chi connectivity index (χ2n) is 4.41. The SMILES string of the molecule is Cc1ccc(F)cc1C(=O)NCc1sccc1C#CCN. The summed E-state index contributed by atoms with van der Waals surface area (Å²) in [7, 11) is 0. The van der Waals surface area contributed by atoms with Gasteiger partial charge in [-0.3, -0.25) is 4.79 Å². The Morgan fingerprint density at radius 3 is 3.00 bits per heavy atom. The molecule has 21 heavy (non-hydrogen) atoms. The smallest absolute Gasteiger partial charge is 0.251 e. The van der Waals surface area contributed by atoms with E-state index in [1.54, 1.807) is 13.0 Å². The highest BCUT2D eigenvalue weighted by Gasteiger charge is 2.11. The van der Waals surface area contributed by atoms with Crippen LogP contribution in [0.2, 0.25) is 0 Å². The quantitative estimate of drug-likeness (QED) is 0.856. The molecule has 1 aromatic carbocycles. The van der Waals surface area contributed by atoms with E-state index >= 15 is 0 Å². The number of benzene rings is 1. The Labute approximate surface area is 127 Å². The van der Waals surface area contributed by atoms with Crippen LogP contribution in [-0.2, 0) is 6.54 Å². The molecule has 5 heteroatoms. The van der Waals surface area contributed by atoms with Gasteiger partial charge < -0.3 is 11.1 Å². The number of nitrogens with two attached hydrogens (primary N) is 1. The van der Waals surface area contributed by atoms with Crippen molar-refractivity contribution in [3.8, 4) is 11.8 Å². The predicted molar refractivity (Wildman–Crippen MR) is 82.6 cm³/mol. The zero-order valence-electron chi connectivity index (χ0n) is 11.6. The maximum absolute atomic E-state index is 13.2. The molecule has 2 aromatic rings. The highest BCUT2D eigenvalue weighted by molar-refractivity contribution is 7.10. The Hall–Kier alpha value is -2.16. The summed E-state index contributed by atoms with van der Waals surface area (Å²) in [5, 5.41) is 4.70. The molecule has 0 unspecified atom stereocenters. The molecule has 1 heterocycles. The lowest BCUT2D eigenvalue weighted by molar-refractivity contribution is 0.0950. The molecule has 3 nitrogen and oxygen atoms in total. The summed E-state index contributed by atoms with van der Waals surface area (Å²) in [4.78, 5) is 13.1. The topological polar surface area (TPSA) is 55.1 Å². The van der Waals surface area contributed by atoms with Crippen LogP contribution in [0.4, 0.5) is 4.39 Å². The van der Waals surface area contributed by atoms with Gasteiger partial charge in [-0.25, -0.2) is 4.39 Å². The van der Waals surface area contributed by atoms with Crippen molar-refractivity contribution in [2.45, 2.75) is 13.5 Å². The number of nitrogens with one attached hydrogen (secondary N) is 1. The molecule has 108 valence electrons. The summed E-state index contributed by atoms with van der Waals surface area (Å²) in [5.41, 5.74) is 7.30. The van der Waals surface area contributed by atoms with Gasteiger partial charge in [-0.05, 0) is 36.1 Å². The molecule has 1 amide bonds. The third-order valence-electron chi connectivity index (χ3n) is 2.92. The van der Waals surface area contributed by atoms with E-state index in [0.29, 0.717) is 18.7 Å². The van der Waals surface area contributed by atoms with Gasteiger partial charge in [-0.2, -0.15) is 0 Å². The Bertz CT molecular complexity index is 713. The minimum Gasteiger partial charge on any atom is -0.347 e. The van der Waals surface area contributed by atoms with Crippen LogP contribution in [-0.4, -0.2) is 12.5 Å². The minimum absolute atomic E-state index is 0.293. The van der Waals surface area contributed by atoms with Gasteiger partial charge in [0.15, 0.2) is 0 Å². The Morgan fingerprint density at radius 2 is 2.24 bits per heavy atom. The fourth-order valence-corrected chi connectivity index (χ4v) is 2.60. The molecule has 0 aliphatic heterocycles. The van der Waals surface area contributed by atoms with Gasteiger partial charge >= 0.3 is 0 Å². The van der Waals surface area contributed by atoms with E-state index < -0.39 is 5.82 Å². The van der Waals surface area contributed by atoms with E-state index in [9.17, 15) is 9.18 Å². The Balaban J connectivity index is 2.08. The highest BCUT2D eigenvalue weighted by atomic mass is 32.1. The number of hydrogen-bond donors (Lipinski definition) is 2. The Kier molecular flexibility index (Phi) is 5.09. The summed E-state index contributed by atoms with van der Waals surface area (Å²) in [6.45, 7) is 2.43. The molecule has 0 fully saturated rings. The summed E-state index contributed by atoms with van der Waals surface area (Å²) < 4.78 is 13.2. The van der Waals surface area contributed by atoms with Crippen molar-refractivity contribution in [3.05, 3.63) is 57.0 Å². The van der Waals surface area contributed by atoms with Crippen molar-refractivity contribution in [2.75, 3.05) is 6.54 Å². The van der Waals surface area contributed by atoms with Gasteiger partial charge in [0, 0.05) is 16.0 Å². The molecule has 0 bridgehead atoms. The molecular formula is C16H15FN2OS. The monoisotopic (exact) mass is 302 g/mol. The normalized spacial score (nSPS) is 9.86. The number of hydrogen-bond acceptors (Lipinski definition) is 3. The molecule has 0 radical (unpaired) electrons. The van der Waals surface area contributed by atoms with Crippen LogP contribution < -0.4 is 11.1 Å². The molecule has 0 aliphatic carbocycles. The first-order valence-corrected chi connectivity index (χ1v) is 7.29. The van der Waals surface area contributed by atoms with Crippen LogP contribution in [0.25, 0.3) is 0 Å². The fourth-order valence-electron chi connectivity index (χ4n) is 1.83. The number of halogens is 1. The maximum Gasteiger partial charge on any atom is 0.251 e. The van der Waals surface area contributed by atoms with Crippen molar-refractivity contribution in [3.63, 3.8) is 0 Å². The minimum atomic E-state index is -0.420. The van der Waals surface area contributed by atoms with Crippen molar-refractivity contribution in [1.29, 1.82) is 0 Å². The van der Waals surface area contributed by atoms with Crippen LogP contribution in [0, 0.1) is 24.6 Å². The number of carbonyl (C=O) groups is 1. The molecule has 0 atom stereocenters. The lowest BCUT2D eigenvalue weighted by atomic mass is 10.1. The molecule has 2 rings (SSSR count). The first kappa shape index (κ1) is 15.2. The van der Waals surface area contributed by atoms with E-state index in [1.807, 2.05) is 11.4 Å². The van der Waals surface area contributed by atoms with Crippen molar-refractivity contribution in [2.24, 2.45) is 5.73 Å². The van der Waals surface area contributed by atoms with E-state index in [4.69, 9.17) is 5.73 Å². The van der Waals surface area contributed by atoms with E-state index in [-0.39, 0.29) is 5.91 Å². The zero-order valence-corrected chi connectivity index (χ0v) is 12.4. The van der Waals surface area contributed by atoms with Crippen molar-refractivity contribution < 1.29 is 9.18 Å². The predicted octanol–water partition coefficient (Wildman–Crippen LogP) is 2.44. The molecule has 0 saturated heterocycles. The van der Waals surface area contributed by atoms with Crippen molar-refractivity contribution >= 4 is 17.2 Å². The van der Waals surface area contributed by atoms with Gasteiger partial charge in [0.2, 0.25) is 0 Å². The van der Waals surface area contributed by atoms with Crippen LogP contribution in [0.3, 0.4) is 0 Å². The average molecular weight is 302 g/mol. The van der Waals surface area contributed by atoms with Gasteiger partial charge in [0.25, 0.3) is 5.91 Å². The molecule has 3 N–H and O–H groups in total. The second-order valence-corrected chi connectivity index (χ2v) is 5.41. The maximum atomic E-state index is 13.2. The lowest BCUT2D eigenvalue weighted by Gasteiger charge is -2.07. The standard InChI is InChI=1S/C16H15FN2OS/c1-11-4-5-13(17)9-14(11)16(20)19-10-15-12(3-2-7-18)6-8-21-15/h4-6,8-9H,7,10,18H2,1H3,(H,19,20). The fraction of sp³-hybridized carbons (Fsp3) is 0.188. The molecule has 0 aliphatic rings. The number of amides is 1. The molecule has 1 aromatic heterocycles. The van der Waals surface area contributed by atoms with E-state index in [2.05, 4.69) is 17.2 Å².